The van der Waals surface area contributed by atoms with Gasteiger partial charge in [0.25, 0.3) is 0 Å². The molecule has 2 heterocycles. The van der Waals surface area contributed by atoms with Crippen LogP contribution in [0.1, 0.15) is 78.8 Å². The SMILES string of the molecule is O=C(O)c1ccc(CN2C(=O)[C@@]3(C[C@H]3c3ccc(F)cc3)c3ccccc32)cc1.O=C(O)c1ccc(CN2C(=O)[C@]3(C[C@@H]3c3ccc(F)cc3)c3ccccc32)cc1. The lowest BCUT2D eigenvalue weighted by Gasteiger charge is -2.18. The molecule has 0 saturated heterocycles. The Morgan fingerprint density at radius 1 is 0.517 bits per heavy atom. The molecular weight excluding hydrogens is 739 g/mol. The van der Waals surface area contributed by atoms with Crippen LogP contribution in [-0.2, 0) is 33.5 Å². The van der Waals surface area contributed by atoms with Crippen LogP contribution in [0.15, 0.2) is 146 Å². The van der Waals surface area contributed by atoms with Crippen LogP contribution in [0.25, 0.3) is 0 Å². The molecule has 6 aromatic carbocycles. The van der Waals surface area contributed by atoms with Gasteiger partial charge in [-0.2, -0.15) is 0 Å². The smallest absolute Gasteiger partial charge is 0.335 e. The third-order valence-electron chi connectivity index (χ3n) is 12.2. The molecule has 4 aliphatic rings. The van der Waals surface area contributed by atoms with Gasteiger partial charge in [0.2, 0.25) is 11.8 Å². The number of carbonyl (C=O) groups is 4. The fourth-order valence-corrected chi connectivity index (χ4v) is 9.08. The zero-order valence-electron chi connectivity index (χ0n) is 31.0. The monoisotopic (exact) mass is 774 g/mol. The number of carbonyl (C=O) groups excluding carboxylic acids is 2. The molecule has 2 fully saturated rings. The average molecular weight is 775 g/mol. The zero-order chi connectivity index (χ0) is 40.3. The lowest BCUT2D eigenvalue weighted by atomic mass is 9.92. The second kappa shape index (κ2) is 13.9. The van der Waals surface area contributed by atoms with Gasteiger partial charge >= 0.3 is 11.9 Å². The van der Waals surface area contributed by atoms with E-state index < -0.39 is 22.8 Å². The molecule has 10 rings (SSSR count). The Bertz CT molecular complexity index is 2430. The van der Waals surface area contributed by atoms with Gasteiger partial charge in [0.15, 0.2) is 0 Å². The van der Waals surface area contributed by atoms with Gasteiger partial charge in [0, 0.05) is 23.2 Å². The highest BCUT2D eigenvalue weighted by Gasteiger charge is 2.68. The van der Waals surface area contributed by atoms with Crippen LogP contribution in [0, 0.1) is 11.6 Å². The van der Waals surface area contributed by atoms with Crippen molar-refractivity contribution in [2.75, 3.05) is 9.80 Å². The molecule has 2 aliphatic heterocycles. The number of para-hydroxylation sites is 2. The Balaban J connectivity index is 0.000000150. The largest absolute Gasteiger partial charge is 0.478 e. The van der Waals surface area contributed by atoms with Gasteiger partial charge in [-0.15, -0.1) is 0 Å². The van der Waals surface area contributed by atoms with Crippen LogP contribution in [0.2, 0.25) is 0 Å². The van der Waals surface area contributed by atoms with Crippen molar-refractivity contribution in [2.24, 2.45) is 0 Å². The van der Waals surface area contributed by atoms with E-state index in [9.17, 15) is 28.0 Å². The van der Waals surface area contributed by atoms with E-state index in [2.05, 4.69) is 0 Å². The summed E-state index contributed by atoms with van der Waals surface area (Å²) in [4.78, 5) is 52.8. The van der Waals surface area contributed by atoms with Gasteiger partial charge < -0.3 is 20.0 Å². The normalized spacial score (nSPS) is 22.0. The van der Waals surface area contributed by atoms with E-state index in [4.69, 9.17) is 10.2 Å². The first kappa shape index (κ1) is 36.7. The molecule has 2 saturated carbocycles. The number of rotatable bonds is 8. The number of hydrogen-bond acceptors (Lipinski definition) is 4. The highest BCUT2D eigenvalue weighted by molar-refractivity contribution is 6.12. The predicted octanol–water partition coefficient (Wildman–Crippen LogP) is 8.99. The minimum Gasteiger partial charge on any atom is -0.478 e. The lowest BCUT2D eigenvalue weighted by Crippen LogP contribution is -2.32. The van der Waals surface area contributed by atoms with Crippen molar-refractivity contribution in [1.82, 2.24) is 0 Å². The van der Waals surface area contributed by atoms with E-state index in [1.165, 1.54) is 24.3 Å². The Hall–Kier alpha value is -6.94. The molecule has 6 aromatic rings. The molecule has 2 aliphatic carbocycles. The molecular formula is C48H36F2N2O6. The van der Waals surface area contributed by atoms with Crippen molar-refractivity contribution >= 4 is 35.1 Å². The summed E-state index contributed by atoms with van der Waals surface area (Å²) in [5.74, 6) is -2.34. The van der Waals surface area contributed by atoms with Crippen LogP contribution < -0.4 is 9.80 Å². The third kappa shape index (κ3) is 6.03. The van der Waals surface area contributed by atoms with Gasteiger partial charge in [0.1, 0.15) is 11.6 Å². The van der Waals surface area contributed by atoms with Gasteiger partial charge in [-0.25, -0.2) is 18.4 Å². The Morgan fingerprint density at radius 3 is 1.21 bits per heavy atom. The maximum atomic E-state index is 13.5. The van der Waals surface area contributed by atoms with Crippen LogP contribution in [0.4, 0.5) is 20.2 Å². The first-order valence-corrected chi connectivity index (χ1v) is 19.0. The second-order valence-corrected chi connectivity index (χ2v) is 15.4. The van der Waals surface area contributed by atoms with Crippen LogP contribution in [0.5, 0.6) is 0 Å². The summed E-state index contributed by atoms with van der Waals surface area (Å²) < 4.78 is 26.7. The second-order valence-electron chi connectivity index (χ2n) is 15.4. The van der Waals surface area contributed by atoms with Crippen molar-refractivity contribution in [3.63, 3.8) is 0 Å². The van der Waals surface area contributed by atoms with E-state index in [1.54, 1.807) is 82.6 Å². The molecule has 8 nitrogen and oxygen atoms in total. The summed E-state index contributed by atoms with van der Waals surface area (Å²) in [6, 6.07) is 41.6. The first-order chi connectivity index (χ1) is 28.0. The van der Waals surface area contributed by atoms with Gasteiger partial charge in [-0.1, -0.05) is 84.9 Å². The highest BCUT2D eigenvalue weighted by Crippen LogP contribution is 2.67. The number of hydrogen-bond donors (Lipinski definition) is 2. The van der Waals surface area contributed by atoms with E-state index in [0.29, 0.717) is 25.9 Å². The van der Waals surface area contributed by atoms with E-state index in [0.717, 1.165) is 44.8 Å². The molecule has 2 N–H and O–H groups in total. The van der Waals surface area contributed by atoms with Gasteiger partial charge in [-0.05, 0) is 107 Å². The number of fused-ring (bicyclic) bond motifs is 4. The Kier molecular flexibility index (Phi) is 8.80. The number of halogens is 2. The fourth-order valence-electron chi connectivity index (χ4n) is 9.08. The number of benzene rings is 6. The zero-order valence-corrected chi connectivity index (χ0v) is 31.0. The van der Waals surface area contributed by atoms with Crippen molar-refractivity contribution in [2.45, 2.75) is 48.6 Å². The van der Waals surface area contributed by atoms with Crippen molar-refractivity contribution in [1.29, 1.82) is 0 Å². The first-order valence-electron chi connectivity index (χ1n) is 19.0. The maximum absolute atomic E-state index is 13.5. The topological polar surface area (TPSA) is 115 Å². The number of carboxylic acid groups (broad SMARTS) is 2. The maximum Gasteiger partial charge on any atom is 0.335 e. The predicted molar refractivity (Wildman–Crippen MR) is 213 cm³/mol. The van der Waals surface area contributed by atoms with Crippen molar-refractivity contribution < 1.29 is 38.2 Å². The van der Waals surface area contributed by atoms with Gasteiger partial charge in [0.05, 0.1) is 35.0 Å². The number of carboxylic acids is 2. The molecule has 2 spiro atoms. The average Bonchev–Trinajstić information content (AvgIpc) is 4.14. The standard InChI is InChI=1S/2C24H18FNO3/c2*25-18-11-9-16(10-12-18)20-13-24(20)19-3-1-2-4-21(19)26(23(24)29)14-15-5-7-17(8-6-15)22(27)28/h2*1-12,20H,13-14H2,(H,27,28)/t2*20-,24-/m10/s1. The Labute approximate surface area is 332 Å². The molecule has 0 unspecified atom stereocenters. The van der Waals surface area contributed by atoms with Crippen LogP contribution in [0.3, 0.4) is 0 Å². The van der Waals surface area contributed by atoms with Gasteiger partial charge in [-0.3, -0.25) is 9.59 Å². The van der Waals surface area contributed by atoms with E-state index in [1.807, 2.05) is 48.5 Å². The fraction of sp³-hybridized carbons (Fsp3) is 0.167. The molecule has 288 valence electrons. The minimum absolute atomic E-state index is 0.0381. The summed E-state index contributed by atoms with van der Waals surface area (Å²) in [5, 5.41) is 18.2. The quantitative estimate of drug-likeness (QED) is 0.160. The number of nitrogens with zero attached hydrogens (tertiary/aromatic N) is 2. The molecule has 0 aromatic heterocycles. The van der Waals surface area contributed by atoms with Crippen LogP contribution >= 0.6 is 0 Å². The summed E-state index contributed by atoms with van der Waals surface area (Å²) in [7, 11) is 0. The summed E-state index contributed by atoms with van der Waals surface area (Å²) >= 11 is 0. The molecule has 58 heavy (non-hydrogen) atoms. The molecule has 2 amide bonds. The molecule has 0 bridgehead atoms. The van der Waals surface area contributed by atoms with Crippen LogP contribution in [-0.4, -0.2) is 34.0 Å². The van der Waals surface area contributed by atoms with Crippen molar-refractivity contribution in [3.05, 3.63) is 202 Å². The number of anilines is 2. The Morgan fingerprint density at radius 2 is 0.862 bits per heavy atom. The summed E-state index contributed by atoms with van der Waals surface area (Å²) in [6.45, 7) is 0.765. The molecule has 4 atom stereocenters. The lowest BCUT2D eigenvalue weighted by molar-refractivity contribution is -0.121. The van der Waals surface area contributed by atoms with E-state index in [-0.39, 0.29) is 46.4 Å². The highest BCUT2D eigenvalue weighted by atomic mass is 19.1. The van der Waals surface area contributed by atoms with Crippen molar-refractivity contribution in [3.8, 4) is 0 Å². The third-order valence-corrected chi connectivity index (χ3v) is 12.2. The number of amides is 2. The number of aromatic carboxylic acids is 2. The molecule has 0 radical (unpaired) electrons. The van der Waals surface area contributed by atoms with E-state index >= 15 is 0 Å². The summed E-state index contributed by atoms with van der Waals surface area (Å²) in [6.07, 6.45) is 1.42. The molecule has 10 heteroatoms. The summed E-state index contributed by atoms with van der Waals surface area (Å²) in [5.41, 5.74) is 6.77. The minimum atomic E-state index is -0.974.